The van der Waals surface area contributed by atoms with Gasteiger partial charge in [-0.3, -0.25) is 0 Å². The van der Waals surface area contributed by atoms with E-state index in [9.17, 15) is 13.2 Å². The van der Waals surface area contributed by atoms with E-state index in [1.54, 1.807) is 0 Å². The fourth-order valence-electron chi connectivity index (χ4n) is 1.05. The molecule has 0 unspecified atom stereocenters. The van der Waals surface area contributed by atoms with Crippen LogP contribution in [0.25, 0.3) is 0 Å². The molecular weight excluding hydrogens is 209 g/mol. The minimum absolute atomic E-state index is 0.0244. The van der Waals surface area contributed by atoms with Crippen LogP contribution in [0.15, 0.2) is 12.7 Å². The maximum atomic E-state index is 12.4. The Kier molecular flexibility index (Phi) is 2.70. The minimum Gasteiger partial charge on any atom is -0.383 e. The normalized spacial score (nSPS) is 11.1. The molecule has 1 aromatic heterocycles. The van der Waals surface area contributed by atoms with E-state index in [4.69, 9.17) is 11.0 Å². The van der Waals surface area contributed by atoms with Crippen molar-refractivity contribution in [2.75, 3.05) is 5.73 Å². The molecule has 1 rings (SSSR count). The lowest BCUT2D eigenvalue weighted by Crippen LogP contribution is -2.09. The molecule has 15 heavy (non-hydrogen) atoms. The molecule has 2 N–H and O–H groups in total. The number of aromatic nitrogens is 2. The number of nitrogens with zero attached hydrogens (tertiary/aromatic N) is 3. The first-order chi connectivity index (χ1) is 6.91. The zero-order valence-electron chi connectivity index (χ0n) is 7.54. The molecule has 0 atom stereocenters. The van der Waals surface area contributed by atoms with E-state index in [1.165, 1.54) is 12.1 Å². The second kappa shape index (κ2) is 3.65. The topological polar surface area (TPSA) is 67.6 Å². The highest BCUT2D eigenvalue weighted by atomic mass is 19.4. The summed E-state index contributed by atoms with van der Waals surface area (Å²) in [6, 6.07) is 1.39. The number of allylic oxidation sites excluding steroid dienone is 1. The van der Waals surface area contributed by atoms with E-state index >= 15 is 0 Å². The molecule has 80 valence electrons. The van der Waals surface area contributed by atoms with E-state index < -0.39 is 17.4 Å². The van der Waals surface area contributed by atoms with Gasteiger partial charge < -0.3 is 5.73 Å². The summed E-state index contributed by atoms with van der Waals surface area (Å²) < 4.78 is 38.0. The van der Waals surface area contributed by atoms with Gasteiger partial charge in [-0.05, 0) is 0 Å². The number of nitrogens with two attached hydrogens (primary N) is 1. The van der Waals surface area contributed by atoms with Gasteiger partial charge in [0.15, 0.2) is 5.69 Å². The van der Waals surface area contributed by atoms with E-state index in [0.717, 1.165) is 4.68 Å². The molecule has 0 saturated carbocycles. The van der Waals surface area contributed by atoms with Crippen molar-refractivity contribution in [3.05, 3.63) is 23.9 Å². The SMILES string of the molecule is C=CCn1nc(C(F)(F)F)c(C#N)c1N. The lowest BCUT2D eigenvalue weighted by Gasteiger charge is -2.00. The number of hydrogen-bond acceptors (Lipinski definition) is 3. The standard InChI is InChI=1S/C8H7F3N4/c1-2-3-15-7(13)5(4-12)6(14-15)8(9,10)11/h2H,1,3,13H2. The van der Waals surface area contributed by atoms with Crippen molar-refractivity contribution in [2.24, 2.45) is 0 Å². The highest BCUT2D eigenvalue weighted by Crippen LogP contribution is 2.32. The van der Waals surface area contributed by atoms with Crippen LogP contribution in [0.2, 0.25) is 0 Å². The molecule has 0 fully saturated rings. The predicted molar refractivity (Wildman–Crippen MR) is 46.6 cm³/mol. The highest BCUT2D eigenvalue weighted by molar-refractivity contribution is 5.53. The Morgan fingerprint density at radius 3 is 2.53 bits per heavy atom. The van der Waals surface area contributed by atoms with Crippen molar-refractivity contribution in [3.8, 4) is 6.07 Å². The largest absolute Gasteiger partial charge is 0.436 e. The fourth-order valence-corrected chi connectivity index (χ4v) is 1.05. The number of anilines is 1. The third-order valence-corrected chi connectivity index (χ3v) is 1.67. The van der Waals surface area contributed by atoms with Gasteiger partial charge in [-0.1, -0.05) is 6.08 Å². The summed E-state index contributed by atoms with van der Waals surface area (Å²) >= 11 is 0. The Hall–Kier alpha value is -1.97. The first-order valence-corrected chi connectivity index (χ1v) is 3.86. The van der Waals surface area contributed by atoms with E-state index in [1.807, 2.05) is 0 Å². The van der Waals surface area contributed by atoms with Crippen molar-refractivity contribution in [2.45, 2.75) is 12.7 Å². The minimum atomic E-state index is -4.67. The van der Waals surface area contributed by atoms with Crippen LogP contribution in [0.1, 0.15) is 11.3 Å². The van der Waals surface area contributed by atoms with Gasteiger partial charge in [0, 0.05) is 0 Å². The van der Waals surface area contributed by atoms with Gasteiger partial charge in [0.1, 0.15) is 17.5 Å². The Morgan fingerprint density at radius 2 is 2.20 bits per heavy atom. The Bertz CT molecular complexity index is 424. The first kappa shape index (κ1) is 11.1. The number of rotatable bonds is 2. The summed E-state index contributed by atoms with van der Waals surface area (Å²) in [5, 5.41) is 11.7. The lowest BCUT2D eigenvalue weighted by atomic mass is 10.2. The van der Waals surface area contributed by atoms with Crippen LogP contribution in [-0.4, -0.2) is 9.78 Å². The molecule has 1 aromatic rings. The molecule has 0 aliphatic carbocycles. The molecule has 7 heteroatoms. The highest BCUT2D eigenvalue weighted by Gasteiger charge is 2.39. The summed E-state index contributed by atoms with van der Waals surface area (Å²) in [6.45, 7) is 3.37. The van der Waals surface area contributed by atoms with Gasteiger partial charge >= 0.3 is 6.18 Å². The third kappa shape index (κ3) is 1.93. The molecular formula is C8H7F3N4. The van der Waals surface area contributed by atoms with Gasteiger partial charge in [0.05, 0.1) is 6.54 Å². The smallest absolute Gasteiger partial charge is 0.383 e. The number of hydrogen-bond donors (Lipinski definition) is 1. The summed E-state index contributed by atoms with van der Waals surface area (Å²) in [6.07, 6.45) is -3.34. The zero-order valence-corrected chi connectivity index (χ0v) is 7.54. The van der Waals surface area contributed by atoms with Crippen molar-refractivity contribution in [3.63, 3.8) is 0 Å². The zero-order chi connectivity index (χ0) is 11.6. The predicted octanol–water partition coefficient (Wildman–Crippen LogP) is 1.54. The van der Waals surface area contributed by atoms with Crippen LogP contribution >= 0.6 is 0 Å². The van der Waals surface area contributed by atoms with Gasteiger partial charge in [0.2, 0.25) is 0 Å². The summed E-state index contributed by atoms with van der Waals surface area (Å²) in [4.78, 5) is 0. The van der Waals surface area contributed by atoms with Crippen LogP contribution in [0, 0.1) is 11.3 Å². The summed E-state index contributed by atoms with van der Waals surface area (Å²) in [7, 11) is 0. The maximum Gasteiger partial charge on any atom is 0.436 e. The average molecular weight is 216 g/mol. The van der Waals surface area contributed by atoms with Gasteiger partial charge in [-0.25, -0.2) is 4.68 Å². The van der Waals surface area contributed by atoms with Crippen LogP contribution in [0.3, 0.4) is 0 Å². The first-order valence-electron chi connectivity index (χ1n) is 3.86. The molecule has 0 spiro atoms. The van der Waals surface area contributed by atoms with Crippen LogP contribution in [0.5, 0.6) is 0 Å². The molecule has 1 heterocycles. The third-order valence-electron chi connectivity index (χ3n) is 1.67. The second-order valence-corrected chi connectivity index (χ2v) is 2.69. The molecule has 0 aliphatic heterocycles. The Labute approximate surface area is 83.4 Å². The number of nitrogen functional groups attached to an aromatic ring is 1. The Morgan fingerprint density at radius 1 is 1.60 bits per heavy atom. The van der Waals surface area contributed by atoms with Gasteiger partial charge in [-0.2, -0.15) is 23.5 Å². The lowest BCUT2D eigenvalue weighted by molar-refractivity contribution is -0.141. The molecule has 0 aliphatic rings. The average Bonchev–Trinajstić information content (AvgIpc) is 2.44. The van der Waals surface area contributed by atoms with Crippen molar-refractivity contribution >= 4 is 5.82 Å². The molecule has 0 amide bonds. The van der Waals surface area contributed by atoms with Crippen LogP contribution < -0.4 is 5.73 Å². The quantitative estimate of drug-likeness (QED) is 0.762. The summed E-state index contributed by atoms with van der Waals surface area (Å²) in [5.41, 5.74) is 3.42. The molecule has 0 saturated heterocycles. The van der Waals surface area contributed by atoms with Gasteiger partial charge in [-0.15, -0.1) is 6.58 Å². The van der Waals surface area contributed by atoms with Gasteiger partial charge in [0.25, 0.3) is 0 Å². The van der Waals surface area contributed by atoms with E-state index in [2.05, 4.69) is 11.7 Å². The number of nitriles is 1. The molecule has 0 bridgehead atoms. The molecule has 4 nitrogen and oxygen atoms in total. The van der Waals surface area contributed by atoms with Crippen LogP contribution in [-0.2, 0) is 12.7 Å². The van der Waals surface area contributed by atoms with Crippen molar-refractivity contribution in [1.82, 2.24) is 9.78 Å². The monoisotopic (exact) mass is 216 g/mol. The van der Waals surface area contributed by atoms with Crippen molar-refractivity contribution < 1.29 is 13.2 Å². The van der Waals surface area contributed by atoms with Crippen molar-refractivity contribution in [1.29, 1.82) is 5.26 Å². The van der Waals surface area contributed by atoms with E-state index in [-0.39, 0.29) is 12.4 Å². The maximum absolute atomic E-state index is 12.4. The second-order valence-electron chi connectivity index (χ2n) is 2.69. The molecule has 0 radical (unpaired) electrons. The number of alkyl halides is 3. The fraction of sp³-hybridized carbons (Fsp3) is 0.250. The van der Waals surface area contributed by atoms with E-state index in [0.29, 0.717) is 0 Å². The Balaban J connectivity index is 3.36. The summed E-state index contributed by atoms with van der Waals surface area (Å²) in [5.74, 6) is -0.301. The molecule has 0 aromatic carbocycles. The number of halogens is 3. The van der Waals surface area contributed by atoms with Crippen LogP contribution in [0.4, 0.5) is 19.0 Å².